The van der Waals surface area contributed by atoms with Gasteiger partial charge in [-0.1, -0.05) is 23.9 Å². The van der Waals surface area contributed by atoms with E-state index in [0.29, 0.717) is 23.1 Å². The molecule has 2 N–H and O–H groups in total. The Labute approximate surface area is 138 Å². The van der Waals surface area contributed by atoms with Crippen molar-refractivity contribution >= 4 is 35.0 Å². The van der Waals surface area contributed by atoms with Crippen molar-refractivity contribution in [1.82, 2.24) is 14.8 Å². The number of hydrogen-bond donors (Lipinski definition) is 2. The van der Waals surface area contributed by atoms with Crippen LogP contribution in [0.4, 0.5) is 11.4 Å². The van der Waals surface area contributed by atoms with E-state index in [4.69, 9.17) is 0 Å². The SMILES string of the molecule is C=CCn1cnnc1SCC(=O)Nc1cccc(NC(C)=O)c1. The summed E-state index contributed by atoms with van der Waals surface area (Å²) < 4.78 is 1.81. The van der Waals surface area contributed by atoms with E-state index in [1.165, 1.54) is 18.7 Å². The highest BCUT2D eigenvalue weighted by molar-refractivity contribution is 7.99. The molecule has 0 atom stereocenters. The first-order valence-electron chi connectivity index (χ1n) is 6.87. The maximum absolute atomic E-state index is 12.0. The summed E-state index contributed by atoms with van der Waals surface area (Å²) in [5.74, 6) is -0.117. The first kappa shape index (κ1) is 16.8. The second kappa shape index (κ2) is 8.14. The molecule has 0 radical (unpaired) electrons. The molecule has 0 aliphatic carbocycles. The number of rotatable bonds is 7. The van der Waals surface area contributed by atoms with Crippen molar-refractivity contribution in [2.45, 2.75) is 18.6 Å². The number of amides is 2. The number of carbonyl (C=O) groups excluding carboxylic acids is 2. The van der Waals surface area contributed by atoms with Gasteiger partial charge in [0.25, 0.3) is 0 Å². The number of hydrogen-bond acceptors (Lipinski definition) is 5. The summed E-state index contributed by atoms with van der Waals surface area (Å²) in [5, 5.41) is 13.9. The summed E-state index contributed by atoms with van der Waals surface area (Å²) in [6, 6.07) is 6.97. The molecule has 0 aliphatic rings. The minimum Gasteiger partial charge on any atom is -0.326 e. The summed E-state index contributed by atoms with van der Waals surface area (Å²) in [6.07, 6.45) is 3.33. The molecule has 120 valence electrons. The number of carbonyl (C=O) groups is 2. The third-order valence-electron chi connectivity index (χ3n) is 2.70. The topological polar surface area (TPSA) is 88.9 Å². The number of allylic oxidation sites excluding steroid dienone is 1. The standard InChI is InChI=1S/C15H17N5O2S/c1-3-7-20-10-16-19-15(20)23-9-14(22)18-13-6-4-5-12(8-13)17-11(2)21/h3-6,8,10H,1,7,9H2,2H3,(H,17,21)(H,18,22). The molecular weight excluding hydrogens is 314 g/mol. The quantitative estimate of drug-likeness (QED) is 0.599. The van der Waals surface area contributed by atoms with Crippen molar-refractivity contribution in [2.75, 3.05) is 16.4 Å². The van der Waals surface area contributed by atoms with Gasteiger partial charge in [-0.05, 0) is 18.2 Å². The van der Waals surface area contributed by atoms with Gasteiger partial charge in [0.05, 0.1) is 5.75 Å². The van der Waals surface area contributed by atoms with Crippen molar-refractivity contribution in [1.29, 1.82) is 0 Å². The predicted octanol–water partition coefficient (Wildman–Crippen LogP) is 2.15. The van der Waals surface area contributed by atoms with Crippen LogP contribution in [0.5, 0.6) is 0 Å². The highest BCUT2D eigenvalue weighted by Gasteiger charge is 2.09. The molecule has 0 unspecified atom stereocenters. The van der Waals surface area contributed by atoms with Crippen LogP contribution in [0.2, 0.25) is 0 Å². The molecule has 1 heterocycles. The molecule has 2 rings (SSSR count). The minimum atomic E-state index is -0.164. The van der Waals surface area contributed by atoms with Crippen molar-refractivity contribution in [3.05, 3.63) is 43.2 Å². The van der Waals surface area contributed by atoms with E-state index in [2.05, 4.69) is 27.4 Å². The van der Waals surface area contributed by atoms with Gasteiger partial charge in [0.1, 0.15) is 6.33 Å². The first-order chi connectivity index (χ1) is 11.1. The number of aromatic nitrogens is 3. The van der Waals surface area contributed by atoms with Gasteiger partial charge in [-0.15, -0.1) is 16.8 Å². The molecule has 0 fully saturated rings. The third-order valence-corrected chi connectivity index (χ3v) is 3.69. The predicted molar refractivity (Wildman–Crippen MR) is 90.3 cm³/mol. The molecule has 0 spiro atoms. The maximum atomic E-state index is 12.0. The first-order valence-corrected chi connectivity index (χ1v) is 7.86. The lowest BCUT2D eigenvalue weighted by Gasteiger charge is -2.08. The average Bonchev–Trinajstić information content (AvgIpc) is 2.92. The second-order valence-electron chi connectivity index (χ2n) is 4.65. The van der Waals surface area contributed by atoms with Crippen molar-refractivity contribution < 1.29 is 9.59 Å². The molecule has 7 nitrogen and oxygen atoms in total. The molecule has 0 aliphatic heterocycles. The van der Waals surface area contributed by atoms with E-state index in [9.17, 15) is 9.59 Å². The van der Waals surface area contributed by atoms with Crippen LogP contribution in [0, 0.1) is 0 Å². The fourth-order valence-corrected chi connectivity index (χ4v) is 2.55. The molecule has 0 saturated heterocycles. The maximum Gasteiger partial charge on any atom is 0.234 e. The lowest BCUT2D eigenvalue weighted by atomic mass is 10.2. The van der Waals surface area contributed by atoms with Crippen molar-refractivity contribution in [3.8, 4) is 0 Å². The molecule has 0 saturated carbocycles. The molecular formula is C15H17N5O2S. The molecule has 1 aromatic heterocycles. The van der Waals surface area contributed by atoms with E-state index in [-0.39, 0.29) is 17.6 Å². The fraction of sp³-hybridized carbons (Fsp3) is 0.200. The van der Waals surface area contributed by atoms with Crippen LogP contribution in [-0.2, 0) is 16.1 Å². The van der Waals surface area contributed by atoms with Crippen LogP contribution in [0.1, 0.15) is 6.92 Å². The van der Waals surface area contributed by atoms with Gasteiger partial charge in [-0.2, -0.15) is 0 Å². The molecule has 0 bridgehead atoms. The highest BCUT2D eigenvalue weighted by Crippen LogP contribution is 2.17. The highest BCUT2D eigenvalue weighted by atomic mass is 32.2. The van der Waals surface area contributed by atoms with Crippen LogP contribution in [0.15, 0.2) is 48.4 Å². The van der Waals surface area contributed by atoms with Crippen LogP contribution in [-0.4, -0.2) is 32.3 Å². The Morgan fingerprint density at radius 3 is 2.78 bits per heavy atom. The number of benzene rings is 1. The van der Waals surface area contributed by atoms with Crippen LogP contribution in [0.25, 0.3) is 0 Å². The third kappa shape index (κ3) is 5.26. The Bertz CT molecular complexity index is 713. The second-order valence-corrected chi connectivity index (χ2v) is 5.60. The van der Waals surface area contributed by atoms with Gasteiger partial charge in [0, 0.05) is 24.8 Å². The van der Waals surface area contributed by atoms with E-state index in [0.717, 1.165) is 0 Å². The van der Waals surface area contributed by atoms with Crippen LogP contribution in [0.3, 0.4) is 0 Å². The van der Waals surface area contributed by atoms with E-state index in [1.807, 2.05) is 4.57 Å². The Balaban J connectivity index is 1.90. The van der Waals surface area contributed by atoms with Gasteiger partial charge < -0.3 is 15.2 Å². The number of nitrogens with one attached hydrogen (secondary N) is 2. The lowest BCUT2D eigenvalue weighted by Crippen LogP contribution is -2.15. The van der Waals surface area contributed by atoms with Gasteiger partial charge in [0.15, 0.2) is 5.16 Å². The Morgan fingerprint density at radius 1 is 1.35 bits per heavy atom. The van der Waals surface area contributed by atoms with Crippen LogP contribution >= 0.6 is 11.8 Å². The van der Waals surface area contributed by atoms with Gasteiger partial charge in [-0.3, -0.25) is 9.59 Å². The van der Waals surface area contributed by atoms with Gasteiger partial charge in [-0.25, -0.2) is 0 Å². The number of anilines is 2. The van der Waals surface area contributed by atoms with Gasteiger partial charge in [0.2, 0.25) is 11.8 Å². The van der Waals surface area contributed by atoms with E-state index in [1.54, 1.807) is 36.7 Å². The summed E-state index contributed by atoms with van der Waals surface area (Å²) in [6.45, 7) is 5.69. The Hall–Kier alpha value is -2.61. The largest absolute Gasteiger partial charge is 0.326 e. The Morgan fingerprint density at radius 2 is 2.09 bits per heavy atom. The zero-order valence-electron chi connectivity index (χ0n) is 12.7. The van der Waals surface area contributed by atoms with E-state index >= 15 is 0 Å². The summed E-state index contributed by atoms with van der Waals surface area (Å²) in [7, 11) is 0. The molecule has 23 heavy (non-hydrogen) atoms. The zero-order valence-corrected chi connectivity index (χ0v) is 13.5. The van der Waals surface area contributed by atoms with Crippen molar-refractivity contribution in [3.63, 3.8) is 0 Å². The smallest absolute Gasteiger partial charge is 0.234 e. The zero-order chi connectivity index (χ0) is 16.7. The number of nitrogens with zero attached hydrogens (tertiary/aromatic N) is 3. The normalized spacial score (nSPS) is 10.1. The average molecular weight is 331 g/mol. The summed E-state index contributed by atoms with van der Waals surface area (Å²) in [4.78, 5) is 23.1. The van der Waals surface area contributed by atoms with Gasteiger partial charge >= 0.3 is 0 Å². The molecule has 2 amide bonds. The fourth-order valence-electron chi connectivity index (χ4n) is 1.83. The molecule has 2 aromatic rings. The number of thioether (sulfide) groups is 1. The monoisotopic (exact) mass is 331 g/mol. The van der Waals surface area contributed by atoms with E-state index < -0.39 is 0 Å². The Kier molecular flexibility index (Phi) is 5.93. The molecule has 1 aromatic carbocycles. The lowest BCUT2D eigenvalue weighted by molar-refractivity contribution is -0.114. The van der Waals surface area contributed by atoms with Crippen LogP contribution < -0.4 is 10.6 Å². The summed E-state index contributed by atoms with van der Waals surface area (Å²) in [5.41, 5.74) is 1.25. The molecule has 8 heteroatoms. The van der Waals surface area contributed by atoms with Crippen molar-refractivity contribution in [2.24, 2.45) is 0 Å². The summed E-state index contributed by atoms with van der Waals surface area (Å²) >= 11 is 1.30. The minimum absolute atomic E-state index is 0.161.